The molecule has 4 nitrogen and oxygen atoms in total. The number of carbonyl (C=O) groups is 1. The Kier molecular flexibility index (Phi) is 7.11. The minimum Gasteiger partial charge on any atom is -0.496 e. The van der Waals surface area contributed by atoms with Crippen LogP contribution in [0.1, 0.15) is 63.8 Å². The summed E-state index contributed by atoms with van der Waals surface area (Å²) in [5.74, 6) is 1.42. The van der Waals surface area contributed by atoms with Gasteiger partial charge in [-0.15, -0.1) is 0 Å². The molecule has 0 saturated carbocycles. The molecule has 0 aliphatic rings. The molecule has 152 valence electrons. The molecule has 1 N–H and O–H groups in total. The number of benzene rings is 2. The SMILES string of the molecule is CC[C@@H](NC(=O)[C@H](C)Oc1ccc(C(C)(C)C)cc1)c1ccc(OC)c(C)c1. The maximum absolute atomic E-state index is 12.7. The Morgan fingerprint density at radius 2 is 1.75 bits per heavy atom. The number of methoxy groups -OCH3 is 1. The van der Waals surface area contributed by atoms with Crippen LogP contribution in [-0.4, -0.2) is 19.1 Å². The molecule has 2 atom stereocenters. The molecule has 0 radical (unpaired) electrons. The maximum atomic E-state index is 12.7. The standard InChI is InChI=1S/C24H33NO3/c1-8-21(18-9-14-22(27-7)16(2)15-18)25-23(26)17(3)28-20-12-10-19(11-13-20)24(4,5)6/h9-15,17,21H,8H2,1-7H3,(H,25,26)/t17-,21+/m0/s1. The fourth-order valence-electron chi connectivity index (χ4n) is 3.12. The number of rotatable bonds is 7. The van der Waals surface area contributed by atoms with Crippen LogP contribution in [0.4, 0.5) is 0 Å². The molecule has 0 bridgehead atoms. The molecular weight excluding hydrogens is 350 g/mol. The summed E-state index contributed by atoms with van der Waals surface area (Å²) in [5.41, 5.74) is 3.44. The summed E-state index contributed by atoms with van der Waals surface area (Å²) in [6.07, 6.45) is 0.221. The monoisotopic (exact) mass is 383 g/mol. The lowest BCUT2D eigenvalue weighted by Gasteiger charge is -2.22. The van der Waals surface area contributed by atoms with E-state index in [9.17, 15) is 4.79 Å². The first-order chi connectivity index (χ1) is 13.2. The van der Waals surface area contributed by atoms with Crippen molar-refractivity contribution in [3.05, 3.63) is 59.2 Å². The molecular formula is C24H33NO3. The van der Waals surface area contributed by atoms with Crippen molar-refractivity contribution in [2.75, 3.05) is 7.11 Å². The lowest BCUT2D eigenvalue weighted by atomic mass is 9.87. The molecule has 2 aromatic carbocycles. The minimum absolute atomic E-state index is 0.0635. The second-order valence-electron chi connectivity index (χ2n) is 8.23. The first kappa shape index (κ1) is 21.8. The maximum Gasteiger partial charge on any atom is 0.261 e. The van der Waals surface area contributed by atoms with Crippen molar-refractivity contribution in [3.8, 4) is 11.5 Å². The van der Waals surface area contributed by atoms with Crippen LogP contribution in [0.3, 0.4) is 0 Å². The van der Waals surface area contributed by atoms with Gasteiger partial charge in [0.05, 0.1) is 13.2 Å². The Hall–Kier alpha value is -2.49. The molecule has 2 aromatic rings. The average molecular weight is 384 g/mol. The average Bonchev–Trinajstić information content (AvgIpc) is 2.65. The van der Waals surface area contributed by atoms with Crippen molar-refractivity contribution in [3.63, 3.8) is 0 Å². The van der Waals surface area contributed by atoms with Gasteiger partial charge >= 0.3 is 0 Å². The van der Waals surface area contributed by atoms with E-state index in [0.717, 1.165) is 23.3 Å². The number of hydrogen-bond donors (Lipinski definition) is 1. The second kappa shape index (κ2) is 9.13. The minimum atomic E-state index is -0.575. The molecule has 0 unspecified atom stereocenters. The zero-order valence-corrected chi connectivity index (χ0v) is 18.1. The molecule has 0 saturated heterocycles. The summed E-state index contributed by atoms with van der Waals surface area (Å²) < 4.78 is 11.2. The predicted octanol–water partition coefficient (Wildman–Crippen LogP) is 5.34. The first-order valence-corrected chi connectivity index (χ1v) is 9.87. The van der Waals surface area contributed by atoms with Gasteiger partial charge in [0.15, 0.2) is 6.10 Å². The highest BCUT2D eigenvalue weighted by atomic mass is 16.5. The van der Waals surface area contributed by atoms with Crippen LogP contribution in [0, 0.1) is 6.92 Å². The van der Waals surface area contributed by atoms with Crippen LogP contribution in [-0.2, 0) is 10.2 Å². The number of carbonyl (C=O) groups excluding carboxylic acids is 1. The van der Waals surface area contributed by atoms with Crippen molar-refractivity contribution in [1.82, 2.24) is 5.32 Å². The Bertz CT molecular complexity index is 790. The normalized spacial score (nSPS) is 13.5. The van der Waals surface area contributed by atoms with E-state index in [0.29, 0.717) is 5.75 Å². The highest BCUT2D eigenvalue weighted by molar-refractivity contribution is 5.81. The molecule has 28 heavy (non-hydrogen) atoms. The van der Waals surface area contributed by atoms with Gasteiger partial charge in [-0.1, -0.05) is 52.0 Å². The summed E-state index contributed by atoms with van der Waals surface area (Å²) in [4.78, 5) is 12.7. The van der Waals surface area contributed by atoms with Crippen molar-refractivity contribution in [2.24, 2.45) is 0 Å². The van der Waals surface area contributed by atoms with Crippen molar-refractivity contribution >= 4 is 5.91 Å². The Balaban J connectivity index is 2.02. The largest absolute Gasteiger partial charge is 0.496 e. The van der Waals surface area contributed by atoms with Crippen LogP contribution in [0.5, 0.6) is 11.5 Å². The van der Waals surface area contributed by atoms with Gasteiger partial charge in [-0.05, 0) is 60.6 Å². The first-order valence-electron chi connectivity index (χ1n) is 9.87. The highest BCUT2D eigenvalue weighted by Crippen LogP contribution is 2.26. The summed E-state index contributed by atoms with van der Waals surface area (Å²) in [7, 11) is 1.66. The molecule has 0 aromatic heterocycles. The summed E-state index contributed by atoms with van der Waals surface area (Å²) in [6.45, 7) is 12.4. The number of amides is 1. The topological polar surface area (TPSA) is 47.6 Å². The van der Waals surface area contributed by atoms with Crippen LogP contribution >= 0.6 is 0 Å². The lowest BCUT2D eigenvalue weighted by molar-refractivity contribution is -0.128. The van der Waals surface area contributed by atoms with Gasteiger partial charge in [0.25, 0.3) is 5.91 Å². The number of nitrogens with one attached hydrogen (secondary N) is 1. The van der Waals surface area contributed by atoms with Crippen molar-refractivity contribution in [1.29, 1.82) is 0 Å². The molecule has 1 amide bonds. The molecule has 0 heterocycles. The summed E-state index contributed by atoms with van der Waals surface area (Å²) in [6, 6.07) is 13.9. The van der Waals surface area contributed by atoms with Gasteiger partial charge in [0.2, 0.25) is 0 Å². The van der Waals surface area contributed by atoms with E-state index in [1.54, 1.807) is 14.0 Å². The fraction of sp³-hybridized carbons (Fsp3) is 0.458. The van der Waals surface area contributed by atoms with Crippen LogP contribution in [0.2, 0.25) is 0 Å². The predicted molar refractivity (Wildman–Crippen MR) is 114 cm³/mol. The fourth-order valence-corrected chi connectivity index (χ4v) is 3.12. The number of hydrogen-bond acceptors (Lipinski definition) is 3. The van der Waals surface area contributed by atoms with E-state index in [4.69, 9.17) is 9.47 Å². The number of aryl methyl sites for hydroxylation is 1. The zero-order valence-electron chi connectivity index (χ0n) is 18.1. The van der Waals surface area contributed by atoms with Gasteiger partial charge in [-0.2, -0.15) is 0 Å². The smallest absolute Gasteiger partial charge is 0.261 e. The quantitative estimate of drug-likeness (QED) is 0.702. The van der Waals surface area contributed by atoms with E-state index < -0.39 is 6.10 Å². The molecule has 0 aliphatic heterocycles. The van der Waals surface area contributed by atoms with Crippen LogP contribution in [0.15, 0.2) is 42.5 Å². The second-order valence-corrected chi connectivity index (χ2v) is 8.23. The lowest BCUT2D eigenvalue weighted by Crippen LogP contribution is -2.38. The third-order valence-electron chi connectivity index (χ3n) is 4.95. The Morgan fingerprint density at radius 3 is 2.25 bits per heavy atom. The molecule has 4 heteroatoms. The third-order valence-corrected chi connectivity index (χ3v) is 4.95. The van der Waals surface area contributed by atoms with Crippen LogP contribution in [0.25, 0.3) is 0 Å². The Labute approximate surface area is 169 Å². The van der Waals surface area contributed by atoms with Gasteiger partial charge in [-0.3, -0.25) is 4.79 Å². The third kappa shape index (κ3) is 5.51. The molecule has 0 spiro atoms. The zero-order chi connectivity index (χ0) is 20.9. The molecule has 0 fully saturated rings. The molecule has 2 rings (SSSR count). The number of ether oxygens (including phenoxy) is 2. The van der Waals surface area contributed by atoms with Crippen molar-refractivity contribution < 1.29 is 14.3 Å². The van der Waals surface area contributed by atoms with Gasteiger partial charge in [0.1, 0.15) is 11.5 Å². The van der Waals surface area contributed by atoms with Crippen molar-refractivity contribution in [2.45, 2.75) is 65.5 Å². The van der Waals surface area contributed by atoms with E-state index in [1.807, 2.05) is 31.2 Å². The summed E-state index contributed by atoms with van der Waals surface area (Å²) >= 11 is 0. The van der Waals surface area contributed by atoms with E-state index in [-0.39, 0.29) is 17.4 Å². The van der Waals surface area contributed by atoms with E-state index in [1.165, 1.54) is 5.56 Å². The summed E-state index contributed by atoms with van der Waals surface area (Å²) in [5, 5.41) is 3.10. The van der Waals surface area contributed by atoms with E-state index >= 15 is 0 Å². The molecule has 0 aliphatic carbocycles. The van der Waals surface area contributed by atoms with Gasteiger partial charge in [-0.25, -0.2) is 0 Å². The van der Waals surface area contributed by atoms with Gasteiger partial charge in [0, 0.05) is 0 Å². The highest BCUT2D eigenvalue weighted by Gasteiger charge is 2.20. The van der Waals surface area contributed by atoms with Gasteiger partial charge < -0.3 is 14.8 Å². The van der Waals surface area contributed by atoms with E-state index in [2.05, 4.69) is 51.2 Å². The van der Waals surface area contributed by atoms with Crippen LogP contribution < -0.4 is 14.8 Å². The Morgan fingerprint density at radius 1 is 1.11 bits per heavy atom.